The van der Waals surface area contributed by atoms with E-state index in [1.807, 2.05) is 19.1 Å². The molecule has 0 spiro atoms. The third kappa shape index (κ3) is 6.78. The van der Waals surface area contributed by atoms with Gasteiger partial charge in [-0.1, -0.05) is 43.7 Å². The van der Waals surface area contributed by atoms with E-state index in [-0.39, 0.29) is 5.66 Å². The number of allylic oxidation sites excluding steroid dienone is 6. The van der Waals surface area contributed by atoms with Gasteiger partial charge in [-0.25, -0.2) is 4.49 Å². The molecule has 0 aliphatic rings. The number of thiol groups is 1. The minimum absolute atomic E-state index is 0.227. The smallest absolute Gasteiger partial charge is 0.107 e. The lowest BCUT2D eigenvalue weighted by atomic mass is 9.90. The molecule has 0 aliphatic carbocycles. The first-order valence-corrected chi connectivity index (χ1v) is 6.21. The molecule has 0 saturated heterocycles. The van der Waals surface area contributed by atoms with Gasteiger partial charge in [0.2, 0.25) is 0 Å². The van der Waals surface area contributed by atoms with Gasteiger partial charge in [0, 0.05) is 5.66 Å². The predicted octanol–water partition coefficient (Wildman–Crippen LogP) is 3.14. The van der Waals surface area contributed by atoms with Gasteiger partial charge in [0.25, 0.3) is 0 Å². The van der Waals surface area contributed by atoms with Crippen LogP contribution >= 0.6 is 21.5 Å². The van der Waals surface area contributed by atoms with Crippen LogP contribution in [0.3, 0.4) is 0 Å². The summed E-state index contributed by atoms with van der Waals surface area (Å²) in [6.07, 6.45) is 8.68. The molecule has 1 nitrogen and oxygen atoms in total. The second-order valence-corrected chi connectivity index (χ2v) is 4.95. The van der Waals surface area contributed by atoms with E-state index in [1.165, 1.54) is 5.57 Å². The minimum atomic E-state index is 0.227. The maximum atomic E-state index is 5.72. The Hall–Kier alpha value is -0.235. The fourth-order valence-electron chi connectivity index (χ4n) is 1.15. The molecule has 15 heavy (non-hydrogen) atoms. The van der Waals surface area contributed by atoms with Gasteiger partial charge >= 0.3 is 0 Å². The number of hydrogen-bond donors (Lipinski definition) is 2. The Labute approximate surface area is 102 Å². The lowest BCUT2D eigenvalue weighted by molar-refractivity contribution is 1.00. The normalized spacial score (nSPS) is 14.9. The topological polar surface area (TPSA) is 12.0 Å². The molecule has 4 heteroatoms. The Kier molecular flexibility index (Phi) is 8.88. The monoisotopic (exact) mass is 237 g/mol. The summed E-state index contributed by atoms with van der Waals surface area (Å²) in [7, 11) is 6.19. The highest BCUT2D eigenvalue weighted by Gasteiger charge is 2.09. The van der Waals surface area contributed by atoms with E-state index in [2.05, 4.69) is 36.5 Å². The van der Waals surface area contributed by atoms with Gasteiger partial charge in [-0.15, -0.1) is 12.1 Å². The van der Waals surface area contributed by atoms with Gasteiger partial charge in [0.05, 0.1) is 0 Å². The molecule has 0 aromatic carbocycles. The molecule has 0 amide bonds. The van der Waals surface area contributed by atoms with Crippen LogP contribution in [0.25, 0.3) is 0 Å². The molecule has 0 aromatic rings. The van der Waals surface area contributed by atoms with E-state index in [9.17, 15) is 0 Å². The lowest BCUT2D eigenvalue weighted by Crippen LogP contribution is -2.08. The SMILES string of the molecule is [B]C(=C)C(CC(/C=C\C)=C/C=C)PNS. The summed E-state index contributed by atoms with van der Waals surface area (Å²) < 4.78 is 2.84. The van der Waals surface area contributed by atoms with Crippen LogP contribution in [0.5, 0.6) is 0 Å². The molecule has 2 unspecified atom stereocenters. The van der Waals surface area contributed by atoms with Crippen LogP contribution in [-0.2, 0) is 0 Å². The third-order valence-electron chi connectivity index (χ3n) is 1.84. The van der Waals surface area contributed by atoms with Crippen molar-refractivity contribution < 1.29 is 0 Å². The van der Waals surface area contributed by atoms with Gasteiger partial charge in [-0.2, -0.15) is 0 Å². The van der Waals surface area contributed by atoms with Gasteiger partial charge in [0.15, 0.2) is 0 Å². The summed E-state index contributed by atoms with van der Waals surface area (Å²) in [4.78, 5) is 0. The van der Waals surface area contributed by atoms with Gasteiger partial charge in [0.1, 0.15) is 7.85 Å². The van der Waals surface area contributed by atoms with Crippen molar-refractivity contribution in [3.63, 3.8) is 0 Å². The highest BCUT2D eigenvalue weighted by Crippen LogP contribution is 2.27. The van der Waals surface area contributed by atoms with Crippen LogP contribution < -0.4 is 4.49 Å². The molecule has 0 rings (SSSR count). The maximum absolute atomic E-state index is 5.72. The third-order valence-corrected chi connectivity index (χ3v) is 3.28. The van der Waals surface area contributed by atoms with E-state index < -0.39 is 0 Å². The number of hydrogen-bond acceptors (Lipinski definition) is 2. The van der Waals surface area contributed by atoms with Crippen molar-refractivity contribution in [3.05, 3.63) is 48.5 Å². The molecular formula is C11H17BNPS. The van der Waals surface area contributed by atoms with Crippen LogP contribution in [0.15, 0.2) is 48.5 Å². The summed E-state index contributed by atoms with van der Waals surface area (Å²) in [5.74, 6) is 0. The van der Waals surface area contributed by atoms with Crippen LogP contribution in [0, 0.1) is 0 Å². The van der Waals surface area contributed by atoms with Gasteiger partial charge in [-0.05, 0) is 27.6 Å². The molecule has 0 heterocycles. The molecule has 0 saturated carbocycles. The Balaban J connectivity index is 4.53. The Bertz CT molecular complexity index is 274. The molecule has 1 N–H and O–H groups in total. The average Bonchev–Trinajstić information content (AvgIpc) is 2.17. The van der Waals surface area contributed by atoms with Gasteiger partial charge < -0.3 is 0 Å². The first kappa shape index (κ1) is 14.8. The highest BCUT2D eigenvalue weighted by molar-refractivity contribution is 7.83. The molecule has 0 bridgehead atoms. The van der Waals surface area contributed by atoms with E-state index in [4.69, 9.17) is 7.85 Å². The summed E-state index contributed by atoms with van der Waals surface area (Å²) in [6, 6.07) is 0. The van der Waals surface area contributed by atoms with Crippen LogP contribution in [-0.4, -0.2) is 13.5 Å². The average molecular weight is 237 g/mol. The molecule has 0 aromatic heterocycles. The standard InChI is InChI=1S/C11H17BNPS/c1-4-6-10(7-5-2)8-11(9(3)12)14-13-15/h4-7,11,13-15H,1,3,8H2,2H3/b7-5-,10-6+. The first-order valence-electron chi connectivity index (χ1n) is 4.68. The summed E-state index contributed by atoms with van der Waals surface area (Å²) in [5, 5.41) is 0. The van der Waals surface area contributed by atoms with Crippen LogP contribution in [0.4, 0.5) is 0 Å². The first-order chi connectivity index (χ1) is 7.15. The second-order valence-electron chi connectivity index (χ2n) is 3.07. The second kappa shape index (κ2) is 9.02. The van der Waals surface area contributed by atoms with Crippen LogP contribution in [0.2, 0.25) is 0 Å². The lowest BCUT2D eigenvalue weighted by Gasteiger charge is -2.17. The molecule has 0 fully saturated rings. The molecule has 2 atom stereocenters. The molecular weight excluding hydrogens is 220 g/mol. The summed E-state index contributed by atoms with van der Waals surface area (Å²) in [6.45, 7) is 9.46. The fraction of sp³-hybridized carbons (Fsp3) is 0.273. The van der Waals surface area contributed by atoms with Crippen molar-refractivity contribution in [3.8, 4) is 0 Å². The minimum Gasteiger partial charge on any atom is -0.247 e. The molecule has 2 radical (unpaired) electrons. The van der Waals surface area contributed by atoms with Gasteiger partial charge in [-0.3, -0.25) is 0 Å². The van der Waals surface area contributed by atoms with Crippen molar-refractivity contribution in [2.45, 2.75) is 19.0 Å². The summed E-state index contributed by atoms with van der Waals surface area (Å²) in [5.41, 5.74) is 2.11. The largest absolute Gasteiger partial charge is 0.247 e. The fourth-order valence-corrected chi connectivity index (χ4v) is 2.29. The maximum Gasteiger partial charge on any atom is 0.107 e. The predicted molar refractivity (Wildman–Crippen MR) is 76.8 cm³/mol. The zero-order valence-electron chi connectivity index (χ0n) is 9.03. The Morgan fingerprint density at radius 3 is 2.73 bits per heavy atom. The van der Waals surface area contributed by atoms with Crippen molar-refractivity contribution in [1.29, 1.82) is 0 Å². The Morgan fingerprint density at radius 1 is 1.67 bits per heavy atom. The number of rotatable bonds is 7. The summed E-state index contributed by atoms with van der Waals surface area (Å²) >= 11 is 3.99. The van der Waals surface area contributed by atoms with E-state index in [1.54, 1.807) is 6.08 Å². The van der Waals surface area contributed by atoms with Crippen molar-refractivity contribution >= 4 is 29.4 Å². The van der Waals surface area contributed by atoms with Crippen LogP contribution in [0.1, 0.15) is 13.3 Å². The molecule has 0 aliphatic heterocycles. The van der Waals surface area contributed by atoms with E-state index in [0.717, 1.165) is 6.42 Å². The van der Waals surface area contributed by atoms with Crippen molar-refractivity contribution in [2.75, 3.05) is 0 Å². The van der Waals surface area contributed by atoms with Crippen molar-refractivity contribution in [1.82, 2.24) is 4.49 Å². The highest BCUT2D eigenvalue weighted by atomic mass is 32.1. The quantitative estimate of drug-likeness (QED) is 0.300. The zero-order valence-corrected chi connectivity index (χ0v) is 10.9. The zero-order chi connectivity index (χ0) is 11.7. The number of nitrogens with one attached hydrogen (secondary N) is 1. The Morgan fingerprint density at radius 2 is 2.33 bits per heavy atom. The van der Waals surface area contributed by atoms with E-state index in [0.29, 0.717) is 14.2 Å². The van der Waals surface area contributed by atoms with Crippen molar-refractivity contribution in [2.24, 2.45) is 0 Å². The van der Waals surface area contributed by atoms with E-state index >= 15 is 0 Å². The molecule has 80 valence electrons.